The van der Waals surface area contributed by atoms with Gasteiger partial charge < -0.3 is 19.5 Å². The van der Waals surface area contributed by atoms with E-state index in [1.54, 1.807) is 36.4 Å². The molecule has 152 valence electrons. The lowest BCUT2D eigenvalue weighted by atomic mass is 10.1. The predicted octanol–water partition coefficient (Wildman–Crippen LogP) is 1.03. The lowest BCUT2D eigenvalue weighted by Crippen LogP contribution is -2.36. The summed E-state index contributed by atoms with van der Waals surface area (Å²) in [6, 6.07) is 9.88. The molecule has 0 aliphatic heterocycles. The van der Waals surface area contributed by atoms with Gasteiger partial charge >= 0.3 is 0 Å². The first kappa shape index (κ1) is 20.0. The number of carbonyl (C=O) groups is 1. The van der Waals surface area contributed by atoms with Crippen molar-refractivity contribution in [2.75, 3.05) is 21.3 Å². The maximum Gasteiger partial charge on any atom is 0.273 e. The van der Waals surface area contributed by atoms with Crippen LogP contribution in [0.1, 0.15) is 5.56 Å². The summed E-state index contributed by atoms with van der Waals surface area (Å²) in [5.74, 6) is 0.939. The molecule has 0 saturated carbocycles. The standard InChI is InChI=1S/C20H21N3O6/c1-27-15-8-12(9-16(28-2)18(15)29-3)10-21-17(24)11-23-20(26)14-7-5-4-6-13(14)19(25)22-23/h4-9H,10-11H2,1-3H3,(H,21,24)(H,22,25). The Bertz CT molecular complexity index is 1140. The molecule has 0 atom stereocenters. The predicted molar refractivity (Wildman–Crippen MR) is 107 cm³/mol. The highest BCUT2D eigenvalue weighted by Crippen LogP contribution is 2.38. The first-order valence-corrected chi connectivity index (χ1v) is 8.76. The molecule has 2 N–H and O–H groups in total. The molecule has 0 saturated heterocycles. The average Bonchev–Trinajstić information content (AvgIpc) is 2.75. The fourth-order valence-electron chi connectivity index (χ4n) is 3.00. The second-order valence-electron chi connectivity index (χ2n) is 6.19. The monoisotopic (exact) mass is 399 g/mol. The molecular formula is C20H21N3O6. The second kappa shape index (κ2) is 8.51. The van der Waals surface area contributed by atoms with Crippen LogP contribution < -0.4 is 30.6 Å². The first-order valence-electron chi connectivity index (χ1n) is 8.76. The Labute approximate surface area is 165 Å². The molecule has 3 rings (SSSR count). The van der Waals surface area contributed by atoms with Crippen LogP contribution in [-0.2, 0) is 17.9 Å². The van der Waals surface area contributed by atoms with Gasteiger partial charge in [0.05, 0.1) is 32.1 Å². The smallest absolute Gasteiger partial charge is 0.273 e. The maximum atomic E-state index is 12.5. The summed E-state index contributed by atoms with van der Waals surface area (Å²) in [6.45, 7) is -0.147. The molecule has 0 radical (unpaired) electrons. The van der Waals surface area contributed by atoms with E-state index in [9.17, 15) is 14.4 Å². The van der Waals surface area contributed by atoms with Crippen molar-refractivity contribution in [3.8, 4) is 17.2 Å². The van der Waals surface area contributed by atoms with Crippen molar-refractivity contribution in [2.24, 2.45) is 0 Å². The van der Waals surface area contributed by atoms with E-state index in [1.165, 1.54) is 21.3 Å². The van der Waals surface area contributed by atoms with E-state index in [4.69, 9.17) is 14.2 Å². The largest absolute Gasteiger partial charge is 0.493 e. The number of methoxy groups -OCH3 is 3. The Balaban J connectivity index is 1.77. The summed E-state index contributed by atoms with van der Waals surface area (Å²) in [4.78, 5) is 37.0. The fourth-order valence-corrected chi connectivity index (χ4v) is 3.00. The van der Waals surface area contributed by atoms with E-state index in [1.807, 2.05) is 0 Å². The van der Waals surface area contributed by atoms with Crippen LogP contribution in [-0.4, -0.2) is 37.0 Å². The quantitative estimate of drug-likeness (QED) is 0.614. The Kier molecular flexibility index (Phi) is 5.87. The Hall–Kier alpha value is -3.75. The molecular weight excluding hydrogens is 378 g/mol. The summed E-state index contributed by atoms with van der Waals surface area (Å²) in [6.07, 6.45) is 0. The number of amides is 1. The van der Waals surface area contributed by atoms with Crippen LogP contribution in [0, 0.1) is 0 Å². The highest BCUT2D eigenvalue weighted by Gasteiger charge is 2.14. The molecule has 0 bridgehead atoms. The molecule has 3 aromatic rings. The van der Waals surface area contributed by atoms with Crippen LogP contribution in [0.4, 0.5) is 0 Å². The van der Waals surface area contributed by atoms with Gasteiger partial charge in [-0.15, -0.1) is 0 Å². The molecule has 0 unspecified atom stereocenters. The third kappa shape index (κ3) is 4.08. The molecule has 29 heavy (non-hydrogen) atoms. The number of aromatic amines is 1. The summed E-state index contributed by atoms with van der Waals surface area (Å²) < 4.78 is 16.8. The zero-order valence-electron chi connectivity index (χ0n) is 16.3. The lowest BCUT2D eigenvalue weighted by Gasteiger charge is -2.14. The van der Waals surface area contributed by atoms with E-state index in [0.717, 1.165) is 4.68 Å². The maximum absolute atomic E-state index is 12.5. The highest BCUT2D eigenvalue weighted by atomic mass is 16.5. The van der Waals surface area contributed by atoms with Gasteiger partial charge in [-0.1, -0.05) is 12.1 Å². The van der Waals surface area contributed by atoms with Crippen molar-refractivity contribution in [3.05, 3.63) is 62.7 Å². The normalized spacial score (nSPS) is 10.6. The molecule has 0 spiro atoms. The first-order chi connectivity index (χ1) is 14.0. The van der Waals surface area contributed by atoms with E-state index < -0.39 is 17.0 Å². The fraction of sp³-hybridized carbons (Fsp3) is 0.250. The van der Waals surface area contributed by atoms with Crippen LogP contribution in [0.5, 0.6) is 17.2 Å². The van der Waals surface area contributed by atoms with E-state index in [-0.39, 0.29) is 23.9 Å². The minimum atomic E-state index is -0.442. The Morgan fingerprint density at radius 2 is 1.62 bits per heavy atom. The molecule has 0 fully saturated rings. The number of hydrogen-bond donors (Lipinski definition) is 2. The number of hydrogen-bond acceptors (Lipinski definition) is 6. The third-order valence-corrected chi connectivity index (χ3v) is 4.40. The zero-order valence-corrected chi connectivity index (χ0v) is 16.3. The number of rotatable bonds is 7. The van der Waals surface area contributed by atoms with Crippen molar-refractivity contribution in [2.45, 2.75) is 13.1 Å². The molecule has 0 aliphatic rings. The highest BCUT2D eigenvalue weighted by molar-refractivity contribution is 5.81. The molecule has 2 aromatic carbocycles. The number of ether oxygens (including phenoxy) is 3. The van der Waals surface area contributed by atoms with Gasteiger partial charge in [0.1, 0.15) is 6.54 Å². The number of aromatic nitrogens is 2. The third-order valence-electron chi connectivity index (χ3n) is 4.40. The van der Waals surface area contributed by atoms with Gasteiger partial charge in [-0.05, 0) is 29.8 Å². The molecule has 9 nitrogen and oxygen atoms in total. The zero-order chi connectivity index (χ0) is 21.0. The number of benzene rings is 2. The summed E-state index contributed by atoms with van der Waals surface area (Å²) in [5.41, 5.74) is -0.159. The average molecular weight is 399 g/mol. The molecule has 1 amide bonds. The minimum absolute atomic E-state index is 0.169. The van der Waals surface area contributed by atoms with Gasteiger partial charge in [0.25, 0.3) is 11.1 Å². The summed E-state index contributed by atoms with van der Waals surface area (Å²) in [7, 11) is 4.51. The van der Waals surface area contributed by atoms with Crippen LogP contribution in [0.25, 0.3) is 10.8 Å². The van der Waals surface area contributed by atoms with Crippen molar-refractivity contribution < 1.29 is 19.0 Å². The lowest BCUT2D eigenvalue weighted by molar-refractivity contribution is -0.122. The molecule has 0 aliphatic carbocycles. The van der Waals surface area contributed by atoms with Crippen LogP contribution in [0.3, 0.4) is 0 Å². The molecule has 1 heterocycles. The van der Waals surface area contributed by atoms with Gasteiger partial charge in [0, 0.05) is 6.54 Å². The van der Waals surface area contributed by atoms with Crippen molar-refractivity contribution in [3.63, 3.8) is 0 Å². The summed E-state index contributed by atoms with van der Waals surface area (Å²) in [5, 5.41) is 5.68. The Morgan fingerprint density at radius 3 is 2.21 bits per heavy atom. The molecule has 1 aromatic heterocycles. The van der Waals surface area contributed by atoms with Gasteiger partial charge in [-0.25, -0.2) is 4.68 Å². The van der Waals surface area contributed by atoms with Crippen LogP contribution in [0.2, 0.25) is 0 Å². The minimum Gasteiger partial charge on any atom is -0.493 e. The van der Waals surface area contributed by atoms with Gasteiger partial charge in [-0.2, -0.15) is 0 Å². The van der Waals surface area contributed by atoms with Gasteiger partial charge in [0.2, 0.25) is 11.7 Å². The van der Waals surface area contributed by atoms with Crippen molar-refractivity contribution in [1.29, 1.82) is 0 Å². The van der Waals surface area contributed by atoms with E-state index in [2.05, 4.69) is 10.4 Å². The van der Waals surface area contributed by atoms with E-state index >= 15 is 0 Å². The number of nitrogens with zero attached hydrogens (tertiary/aromatic N) is 1. The number of fused-ring (bicyclic) bond motifs is 1. The van der Waals surface area contributed by atoms with Crippen LogP contribution in [0.15, 0.2) is 46.0 Å². The van der Waals surface area contributed by atoms with Gasteiger partial charge in [0.15, 0.2) is 11.5 Å². The molecule has 9 heteroatoms. The van der Waals surface area contributed by atoms with Crippen molar-refractivity contribution >= 4 is 16.7 Å². The second-order valence-corrected chi connectivity index (χ2v) is 6.19. The van der Waals surface area contributed by atoms with Crippen molar-refractivity contribution in [1.82, 2.24) is 15.1 Å². The Morgan fingerprint density at radius 1 is 1.00 bits per heavy atom. The van der Waals surface area contributed by atoms with Gasteiger partial charge in [-0.3, -0.25) is 19.5 Å². The summed E-state index contributed by atoms with van der Waals surface area (Å²) >= 11 is 0. The van der Waals surface area contributed by atoms with E-state index in [0.29, 0.717) is 22.8 Å². The number of H-pyrrole nitrogens is 1. The number of nitrogens with one attached hydrogen (secondary N) is 2. The topological polar surface area (TPSA) is 112 Å². The van der Waals surface area contributed by atoms with Crippen LogP contribution >= 0.6 is 0 Å². The number of carbonyl (C=O) groups excluding carboxylic acids is 1. The SMILES string of the molecule is COc1cc(CNC(=O)Cn2[nH]c(=O)c3ccccc3c2=O)cc(OC)c1OC.